The van der Waals surface area contributed by atoms with Crippen molar-refractivity contribution < 1.29 is 31.8 Å². The molecule has 0 radical (unpaired) electrons. The van der Waals surface area contributed by atoms with Gasteiger partial charge in [-0.2, -0.15) is 0 Å². The van der Waals surface area contributed by atoms with Crippen LogP contribution in [0.25, 0.3) is 0 Å². The predicted octanol–water partition coefficient (Wildman–Crippen LogP) is 5.00. The van der Waals surface area contributed by atoms with Gasteiger partial charge >= 0.3 is 0 Å². The van der Waals surface area contributed by atoms with E-state index in [9.17, 15) is 17.6 Å². The van der Waals surface area contributed by atoms with Gasteiger partial charge in [-0.25, -0.2) is 12.8 Å². The Balaban J connectivity index is 1.55. The van der Waals surface area contributed by atoms with E-state index < -0.39 is 28.3 Å². The van der Waals surface area contributed by atoms with Gasteiger partial charge in [-0.3, -0.25) is 9.10 Å². The number of carbonyl (C=O) groups is 1. The zero-order valence-electron chi connectivity index (χ0n) is 20.6. The summed E-state index contributed by atoms with van der Waals surface area (Å²) in [6, 6.07) is 15.9. The van der Waals surface area contributed by atoms with E-state index in [1.807, 2.05) is 0 Å². The standard InChI is InChI=1S/C27H29FN2O6S/c1-34-25-16-15-24(17-26(25)35-2)37(32,33)30(21-11-7-19(28)8-12-21)18-27(31)29-20-9-13-23(14-10-20)36-22-5-3-4-6-22/h7-17,22H,3-6,18H2,1-2H3,(H,29,31). The van der Waals surface area contributed by atoms with Crippen molar-refractivity contribution in [3.63, 3.8) is 0 Å². The van der Waals surface area contributed by atoms with E-state index >= 15 is 0 Å². The first-order valence-electron chi connectivity index (χ1n) is 11.9. The Morgan fingerprint density at radius 2 is 1.59 bits per heavy atom. The lowest BCUT2D eigenvalue weighted by Crippen LogP contribution is -2.38. The van der Waals surface area contributed by atoms with Crippen LogP contribution in [0.1, 0.15) is 25.7 Å². The fraction of sp³-hybridized carbons (Fsp3) is 0.296. The van der Waals surface area contributed by atoms with Gasteiger partial charge in [0.05, 0.1) is 30.9 Å². The zero-order chi connectivity index (χ0) is 26.4. The average molecular weight is 529 g/mol. The number of hydrogen-bond acceptors (Lipinski definition) is 6. The molecule has 1 saturated carbocycles. The zero-order valence-corrected chi connectivity index (χ0v) is 21.5. The molecular formula is C27H29FN2O6S. The molecule has 0 aromatic heterocycles. The van der Waals surface area contributed by atoms with Crippen molar-refractivity contribution in [2.75, 3.05) is 30.4 Å². The molecule has 1 N–H and O–H groups in total. The lowest BCUT2D eigenvalue weighted by atomic mass is 10.2. The molecule has 8 nitrogen and oxygen atoms in total. The molecule has 0 spiro atoms. The molecule has 1 fully saturated rings. The third kappa shape index (κ3) is 6.32. The first-order valence-corrected chi connectivity index (χ1v) is 13.3. The first-order chi connectivity index (χ1) is 17.8. The fourth-order valence-electron chi connectivity index (χ4n) is 4.17. The average Bonchev–Trinajstić information content (AvgIpc) is 3.41. The van der Waals surface area contributed by atoms with Gasteiger partial charge in [-0.1, -0.05) is 0 Å². The number of amides is 1. The minimum atomic E-state index is -4.24. The summed E-state index contributed by atoms with van der Waals surface area (Å²) >= 11 is 0. The van der Waals surface area contributed by atoms with E-state index in [1.165, 1.54) is 44.6 Å². The van der Waals surface area contributed by atoms with Crippen molar-refractivity contribution in [3.05, 3.63) is 72.5 Å². The quantitative estimate of drug-likeness (QED) is 0.398. The number of nitrogens with one attached hydrogen (secondary N) is 1. The number of rotatable bonds is 10. The van der Waals surface area contributed by atoms with Crippen LogP contribution in [0.3, 0.4) is 0 Å². The van der Waals surface area contributed by atoms with E-state index in [2.05, 4.69) is 5.32 Å². The molecule has 0 atom stereocenters. The first kappa shape index (κ1) is 26.3. The summed E-state index contributed by atoms with van der Waals surface area (Å²) in [6.07, 6.45) is 4.61. The normalized spacial score (nSPS) is 13.7. The SMILES string of the molecule is COc1ccc(S(=O)(=O)N(CC(=O)Nc2ccc(OC3CCCC3)cc2)c2ccc(F)cc2)cc1OC. The number of nitrogens with zero attached hydrogens (tertiary/aromatic N) is 1. The minimum Gasteiger partial charge on any atom is -0.493 e. The third-order valence-corrected chi connectivity index (χ3v) is 7.86. The Bertz CT molecular complexity index is 1320. The monoisotopic (exact) mass is 528 g/mol. The molecule has 1 amide bonds. The summed E-state index contributed by atoms with van der Waals surface area (Å²) in [5.41, 5.74) is 0.623. The van der Waals surface area contributed by atoms with Crippen LogP contribution in [0.2, 0.25) is 0 Å². The van der Waals surface area contributed by atoms with Crippen molar-refractivity contribution in [2.45, 2.75) is 36.7 Å². The van der Waals surface area contributed by atoms with Crippen LogP contribution in [0, 0.1) is 5.82 Å². The number of ether oxygens (including phenoxy) is 3. The molecule has 3 aromatic carbocycles. The number of benzene rings is 3. The number of methoxy groups -OCH3 is 2. The Kier molecular flexibility index (Phi) is 8.17. The van der Waals surface area contributed by atoms with E-state index in [0.29, 0.717) is 17.2 Å². The van der Waals surface area contributed by atoms with Gasteiger partial charge in [-0.05, 0) is 86.3 Å². The second-order valence-corrected chi connectivity index (χ2v) is 10.5. The van der Waals surface area contributed by atoms with Crippen molar-refractivity contribution in [3.8, 4) is 17.2 Å². The highest BCUT2D eigenvalue weighted by Crippen LogP contribution is 2.32. The van der Waals surface area contributed by atoms with Crippen molar-refractivity contribution >= 4 is 27.3 Å². The molecule has 1 aliphatic carbocycles. The Morgan fingerprint density at radius 1 is 0.946 bits per heavy atom. The van der Waals surface area contributed by atoms with Crippen LogP contribution in [0.15, 0.2) is 71.6 Å². The third-order valence-electron chi connectivity index (χ3n) is 6.09. The highest BCUT2D eigenvalue weighted by molar-refractivity contribution is 7.92. The summed E-state index contributed by atoms with van der Waals surface area (Å²) in [7, 11) is -1.41. The minimum absolute atomic E-state index is 0.115. The van der Waals surface area contributed by atoms with Crippen molar-refractivity contribution in [1.29, 1.82) is 0 Å². The van der Waals surface area contributed by atoms with Gasteiger partial charge in [0, 0.05) is 11.8 Å². The van der Waals surface area contributed by atoms with Crippen molar-refractivity contribution in [2.24, 2.45) is 0 Å². The molecule has 0 bridgehead atoms. The van der Waals surface area contributed by atoms with Gasteiger partial charge < -0.3 is 19.5 Å². The van der Waals surface area contributed by atoms with Crippen LogP contribution >= 0.6 is 0 Å². The van der Waals surface area contributed by atoms with Gasteiger partial charge in [0.15, 0.2) is 11.5 Å². The number of anilines is 2. The lowest BCUT2D eigenvalue weighted by molar-refractivity contribution is -0.114. The number of halogens is 1. The maximum absolute atomic E-state index is 13.6. The van der Waals surface area contributed by atoms with Gasteiger partial charge in [0.25, 0.3) is 10.0 Å². The van der Waals surface area contributed by atoms with Crippen LogP contribution in [0.5, 0.6) is 17.2 Å². The maximum atomic E-state index is 13.6. The summed E-state index contributed by atoms with van der Waals surface area (Å²) in [6.45, 7) is -0.539. The van der Waals surface area contributed by atoms with E-state index in [4.69, 9.17) is 14.2 Å². The smallest absolute Gasteiger partial charge is 0.264 e. The second-order valence-electron chi connectivity index (χ2n) is 8.60. The highest BCUT2D eigenvalue weighted by Gasteiger charge is 2.28. The molecule has 3 aromatic rings. The molecular weight excluding hydrogens is 499 g/mol. The topological polar surface area (TPSA) is 94.2 Å². The summed E-state index contributed by atoms with van der Waals surface area (Å²) in [4.78, 5) is 12.8. The molecule has 37 heavy (non-hydrogen) atoms. The molecule has 0 heterocycles. The van der Waals surface area contributed by atoms with Gasteiger partial charge in [-0.15, -0.1) is 0 Å². The number of carbonyl (C=O) groups excluding carboxylic acids is 1. The van der Waals surface area contributed by atoms with Crippen LogP contribution in [0.4, 0.5) is 15.8 Å². The van der Waals surface area contributed by atoms with E-state index in [-0.39, 0.29) is 22.4 Å². The van der Waals surface area contributed by atoms with Gasteiger partial charge in [0.2, 0.25) is 5.91 Å². The maximum Gasteiger partial charge on any atom is 0.264 e. The molecule has 0 unspecified atom stereocenters. The van der Waals surface area contributed by atoms with Gasteiger partial charge in [0.1, 0.15) is 18.1 Å². The highest BCUT2D eigenvalue weighted by atomic mass is 32.2. The van der Waals surface area contributed by atoms with E-state index in [0.717, 1.165) is 42.1 Å². The molecule has 1 aliphatic rings. The molecule has 196 valence electrons. The molecule has 4 rings (SSSR count). The fourth-order valence-corrected chi connectivity index (χ4v) is 5.61. The largest absolute Gasteiger partial charge is 0.493 e. The van der Waals surface area contributed by atoms with E-state index in [1.54, 1.807) is 24.3 Å². The second kappa shape index (κ2) is 11.5. The van der Waals surface area contributed by atoms with Crippen molar-refractivity contribution in [1.82, 2.24) is 0 Å². The van der Waals surface area contributed by atoms with Crippen LogP contribution < -0.4 is 23.8 Å². The Labute approximate surface area is 216 Å². The predicted molar refractivity (Wildman–Crippen MR) is 138 cm³/mol. The van der Waals surface area contributed by atoms with Crippen LogP contribution in [-0.4, -0.2) is 41.2 Å². The molecule has 10 heteroatoms. The lowest BCUT2D eigenvalue weighted by Gasteiger charge is -2.24. The number of hydrogen-bond donors (Lipinski definition) is 1. The summed E-state index contributed by atoms with van der Waals surface area (Å²) < 4.78 is 58.1. The molecule has 0 saturated heterocycles. The Morgan fingerprint density at radius 3 is 2.22 bits per heavy atom. The Hall–Kier alpha value is -3.79. The number of sulfonamides is 1. The van der Waals surface area contributed by atoms with Crippen LogP contribution in [-0.2, 0) is 14.8 Å². The summed E-state index contributed by atoms with van der Waals surface area (Å²) in [5, 5.41) is 2.72. The summed E-state index contributed by atoms with van der Waals surface area (Å²) in [5.74, 6) is 0.183. The molecule has 0 aliphatic heterocycles.